The molecule has 0 aliphatic heterocycles. The molecule has 1 aliphatic carbocycles. The highest BCUT2D eigenvalue weighted by molar-refractivity contribution is 5.07. The lowest BCUT2D eigenvalue weighted by Crippen LogP contribution is -2.32. The second kappa shape index (κ2) is 3.44. The fourth-order valence-electron chi connectivity index (χ4n) is 1.70. The molecule has 0 spiro atoms. The van der Waals surface area contributed by atoms with Crippen LogP contribution in [0.3, 0.4) is 0 Å². The molecule has 0 amide bonds. The second-order valence-corrected chi connectivity index (χ2v) is 4.12. The molecule has 12 heavy (non-hydrogen) atoms. The maximum Gasteiger partial charge on any atom is 0.0613 e. The summed E-state index contributed by atoms with van der Waals surface area (Å²) in [4.78, 5) is 0. The lowest BCUT2D eigenvalue weighted by atomic mass is 9.73. The zero-order valence-corrected chi connectivity index (χ0v) is 7.96. The van der Waals surface area contributed by atoms with Gasteiger partial charge >= 0.3 is 0 Å². The van der Waals surface area contributed by atoms with Gasteiger partial charge in [-0.2, -0.15) is 0 Å². The van der Waals surface area contributed by atoms with Gasteiger partial charge in [-0.1, -0.05) is 32.1 Å². The third kappa shape index (κ3) is 1.78. The zero-order chi connectivity index (χ0) is 9.19. The van der Waals surface area contributed by atoms with Crippen LogP contribution >= 0.6 is 0 Å². The molecule has 0 aromatic carbocycles. The normalized spacial score (nSPS) is 30.2. The van der Waals surface area contributed by atoms with Crippen LogP contribution in [0, 0.1) is 11.3 Å². The maximum atomic E-state index is 9.74. The van der Waals surface area contributed by atoms with E-state index in [9.17, 15) is 5.11 Å². The van der Waals surface area contributed by atoms with Gasteiger partial charge in [0, 0.05) is 5.92 Å². The fourth-order valence-corrected chi connectivity index (χ4v) is 1.70. The largest absolute Gasteiger partial charge is 0.392 e. The average molecular weight is 166 g/mol. The molecule has 1 nitrogen and oxygen atoms in total. The van der Waals surface area contributed by atoms with Crippen molar-refractivity contribution in [1.29, 1.82) is 0 Å². The Morgan fingerprint density at radius 2 is 2.25 bits per heavy atom. The highest BCUT2D eigenvalue weighted by atomic mass is 16.3. The standard InChI is InChI=1S/C11H18O/c1-4-11(2,3)9-7-5-6-8-10(9)12/h4-5,7,9-10,12H,1,6,8H2,2-3H3/t9-,10-/m1/s1. The minimum absolute atomic E-state index is 0.0103. The van der Waals surface area contributed by atoms with Crippen LogP contribution in [0.25, 0.3) is 0 Å². The molecule has 1 aliphatic rings. The predicted molar refractivity (Wildman–Crippen MR) is 51.8 cm³/mol. The molecule has 0 radical (unpaired) electrons. The molecular weight excluding hydrogens is 148 g/mol. The van der Waals surface area contributed by atoms with Crippen molar-refractivity contribution < 1.29 is 5.11 Å². The second-order valence-electron chi connectivity index (χ2n) is 4.12. The van der Waals surface area contributed by atoms with Crippen LogP contribution in [0.5, 0.6) is 0 Å². The number of rotatable bonds is 2. The molecule has 0 saturated carbocycles. The van der Waals surface area contributed by atoms with Crippen LogP contribution in [0.2, 0.25) is 0 Å². The van der Waals surface area contributed by atoms with Crippen molar-refractivity contribution in [3.05, 3.63) is 24.8 Å². The number of aliphatic hydroxyl groups excluding tert-OH is 1. The molecule has 1 rings (SSSR count). The van der Waals surface area contributed by atoms with Gasteiger partial charge in [-0.05, 0) is 18.3 Å². The summed E-state index contributed by atoms with van der Waals surface area (Å²) < 4.78 is 0. The van der Waals surface area contributed by atoms with E-state index in [1.165, 1.54) is 0 Å². The van der Waals surface area contributed by atoms with Gasteiger partial charge in [0.15, 0.2) is 0 Å². The van der Waals surface area contributed by atoms with Gasteiger partial charge in [-0.15, -0.1) is 6.58 Å². The van der Waals surface area contributed by atoms with Crippen molar-refractivity contribution in [1.82, 2.24) is 0 Å². The van der Waals surface area contributed by atoms with Gasteiger partial charge < -0.3 is 5.11 Å². The Kier molecular flexibility index (Phi) is 2.73. The summed E-state index contributed by atoms with van der Waals surface area (Å²) in [6.07, 6.45) is 7.90. The summed E-state index contributed by atoms with van der Waals surface area (Å²) in [5.74, 6) is 0.240. The third-order valence-electron chi connectivity index (χ3n) is 2.77. The van der Waals surface area contributed by atoms with Crippen molar-refractivity contribution in [2.24, 2.45) is 11.3 Å². The maximum absolute atomic E-state index is 9.74. The Balaban J connectivity index is 2.78. The van der Waals surface area contributed by atoms with Gasteiger partial charge in [0.05, 0.1) is 6.10 Å². The van der Waals surface area contributed by atoms with Crippen LogP contribution in [-0.2, 0) is 0 Å². The average Bonchev–Trinajstić information content (AvgIpc) is 2.05. The van der Waals surface area contributed by atoms with Crippen LogP contribution < -0.4 is 0 Å². The first-order valence-electron chi connectivity index (χ1n) is 4.56. The van der Waals surface area contributed by atoms with Gasteiger partial charge in [0.2, 0.25) is 0 Å². The molecule has 1 heteroatoms. The molecule has 0 saturated heterocycles. The molecule has 1 N–H and O–H groups in total. The number of hydrogen-bond donors (Lipinski definition) is 1. The van der Waals surface area contributed by atoms with Crippen molar-refractivity contribution in [3.8, 4) is 0 Å². The van der Waals surface area contributed by atoms with Gasteiger partial charge in [-0.25, -0.2) is 0 Å². The Hall–Kier alpha value is -0.560. The lowest BCUT2D eigenvalue weighted by molar-refractivity contribution is 0.0714. The Morgan fingerprint density at radius 1 is 1.58 bits per heavy atom. The molecule has 0 aromatic rings. The molecule has 0 aromatic heterocycles. The van der Waals surface area contributed by atoms with E-state index in [2.05, 4.69) is 32.6 Å². The molecule has 2 atom stereocenters. The SMILES string of the molecule is C=CC(C)(C)[C@@H]1C=CCC[C@H]1O. The Labute approximate surface area is 74.8 Å². The third-order valence-corrected chi connectivity index (χ3v) is 2.77. The summed E-state index contributed by atoms with van der Waals surface area (Å²) >= 11 is 0. The highest BCUT2D eigenvalue weighted by Gasteiger charge is 2.31. The number of allylic oxidation sites excluding steroid dienone is 2. The lowest BCUT2D eigenvalue weighted by Gasteiger charge is -2.34. The quantitative estimate of drug-likeness (QED) is 0.625. The van der Waals surface area contributed by atoms with Gasteiger partial charge in [-0.3, -0.25) is 0 Å². The smallest absolute Gasteiger partial charge is 0.0613 e. The zero-order valence-electron chi connectivity index (χ0n) is 7.96. The number of hydrogen-bond acceptors (Lipinski definition) is 1. The highest BCUT2D eigenvalue weighted by Crippen LogP contribution is 2.35. The first kappa shape index (κ1) is 9.53. The fraction of sp³-hybridized carbons (Fsp3) is 0.636. The molecule has 68 valence electrons. The van der Waals surface area contributed by atoms with Crippen LogP contribution in [0.15, 0.2) is 24.8 Å². The van der Waals surface area contributed by atoms with Crippen LogP contribution in [0.1, 0.15) is 26.7 Å². The van der Waals surface area contributed by atoms with E-state index >= 15 is 0 Å². The van der Waals surface area contributed by atoms with Crippen molar-refractivity contribution in [2.75, 3.05) is 0 Å². The van der Waals surface area contributed by atoms with Crippen molar-refractivity contribution >= 4 is 0 Å². The predicted octanol–water partition coefficient (Wildman–Crippen LogP) is 2.53. The summed E-state index contributed by atoms with van der Waals surface area (Å²) in [6.45, 7) is 8.03. The first-order valence-corrected chi connectivity index (χ1v) is 4.56. The summed E-state index contributed by atoms with van der Waals surface area (Å²) in [7, 11) is 0. The molecule has 0 unspecified atom stereocenters. The van der Waals surface area contributed by atoms with Crippen molar-refractivity contribution in [2.45, 2.75) is 32.8 Å². The topological polar surface area (TPSA) is 20.2 Å². The minimum atomic E-state index is -0.192. The van der Waals surface area contributed by atoms with E-state index < -0.39 is 0 Å². The van der Waals surface area contributed by atoms with Gasteiger partial charge in [0.25, 0.3) is 0 Å². The van der Waals surface area contributed by atoms with E-state index in [4.69, 9.17) is 0 Å². The summed E-state index contributed by atoms with van der Waals surface area (Å²) in [5, 5.41) is 9.74. The minimum Gasteiger partial charge on any atom is -0.392 e. The van der Waals surface area contributed by atoms with Gasteiger partial charge in [0.1, 0.15) is 0 Å². The van der Waals surface area contributed by atoms with Crippen LogP contribution in [-0.4, -0.2) is 11.2 Å². The monoisotopic (exact) mass is 166 g/mol. The van der Waals surface area contributed by atoms with Crippen LogP contribution in [0.4, 0.5) is 0 Å². The van der Waals surface area contributed by atoms with E-state index in [0.29, 0.717) is 0 Å². The Bertz CT molecular complexity index is 191. The number of aliphatic hydroxyl groups is 1. The van der Waals surface area contributed by atoms with Crippen molar-refractivity contribution in [3.63, 3.8) is 0 Å². The Morgan fingerprint density at radius 3 is 2.75 bits per heavy atom. The molecule has 0 fully saturated rings. The van der Waals surface area contributed by atoms with E-state index in [-0.39, 0.29) is 17.4 Å². The first-order chi connectivity index (χ1) is 5.58. The summed E-state index contributed by atoms with van der Waals surface area (Å²) in [5.41, 5.74) is 0.0103. The van der Waals surface area contributed by atoms with E-state index in [1.54, 1.807) is 0 Å². The molecular formula is C11H18O. The van der Waals surface area contributed by atoms with E-state index in [1.807, 2.05) is 6.08 Å². The summed E-state index contributed by atoms with van der Waals surface area (Å²) in [6, 6.07) is 0. The van der Waals surface area contributed by atoms with E-state index in [0.717, 1.165) is 12.8 Å². The molecule has 0 bridgehead atoms. The molecule has 0 heterocycles.